The van der Waals surface area contributed by atoms with Crippen molar-refractivity contribution < 1.29 is 25.8 Å². The standard InChI is InChI=1S/C11H13F3NO3PS/c12-11(13,14)20(16,17)18-10-2-1-8-3-5-15(19)6-4-9(8)7-10/h1-2,7H,3-6,19H2. The zero-order valence-electron chi connectivity index (χ0n) is 10.4. The highest BCUT2D eigenvalue weighted by Crippen LogP contribution is 2.29. The Morgan fingerprint density at radius 1 is 1.15 bits per heavy atom. The first kappa shape index (κ1) is 15.5. The van der Waals surface area contributed by atoms with Gasteiger partial charge in [0.05, 0.1) is 0 Å². The summed E-state index contributed by atoms with van der Waals surface area (Å²) in [5.41, 5.74) is -3.62. The Morgan fingerprint density at radius 2 is 1.75 bits per heavy atom. The predicted octanol–water partition coefficient (Wildman–Crippen LogP) is 2.11. The quantitative estimate of drug-likeness (QED) is 0.474. The van der Waals surface area contributed by atoms with E-state index in [0.717, 1.165) is 30.6 Å². The van der Waals surface area contributed by atoms with Gasteiger partial charge in [-0.1, -0.05) is 15.5 Å². The Morgan fingerprint density at radius 3 is 2.35 bits per heavy atom. The van der Waals surface area contributed by atoms with Crippen molar-refractivity contribution >= 4 is 19.5 Å². The molecule has 1 unspecified atom stereocenters. The van der Waals surface area contributed by atoms with Crippen molar-refractivity contribution in [2.45, 2.75) is 18.3 Å². The normalized spacial score (nSPS) is 17.4. The van der Waals surface area contributed by atoms with Crippen LogP contribution >= 0.6 is 9.39 Å². The van der Waals surface area contributed by atoms with Gasteiger partial charge >= 0.3 is 15.6 Å². The first-order chi connectivity index (χ1) is 9.19. The number of hydrogen-bond donors (Lipinski definition) is 0. The Bertz CT molecular complexity index is 603. The molecule has 0 saturated heterocycles. The van der Waals surface area contributed by atoms with Crippen LogP contribution in [-0.2, 0) is 23.0 Å². The molecule has 0 radical (unpaired) electrons. The van der Waals surface area contributed by atoms with Gasteiger partial charge in [0.1, 0.15) is 5.75 Å². The van der Waals surface area contributed by atoms with E-state index in [9.17, 15) is 21.6 Å². The van der Waals surface area contributed by atoms with E-state index in [2.05, 4.69) is 13.6 Å². The van der Waals surface area contributed by atoms with Crippen LogP contribution in [0.3, 0.4) is 0 Å². The molecule has 1 heterocycles. The van der Waals surface area contributed by atoms with Crippen LogP contribution in [0.15, 0.2) is 18.2 Å². The molecule has 1 aliphatic rings. The third kappa shape index (κ3) is 3.42. The molecule has 2 rings (SSSR count). The summed E-state index contributed by atoms with van der Waals surface area (Å²) >= 11 is 0. The molecule has 0 spiro atoms. The molecule has 0 fully saturated rings. The monoisotopic (exact) mass is 327 g/mol. The average molecular weight is 327 g/mol. The van der Waals surface area contributed by atoms with E-state index in [1.165, 1.54) is 12.1 Å². The lowest BCUT2D eigenvalue weighted by Gasteiger charge is -2.11. The van der Waals surface area contributed by atoms with Crippen molar-refractivity contribution in [1.29, 1.82) is 0 Å². The van der Waals surface area contributed by atoms with E-state index in [1.54, 1.807) is 6.07 Å². The van der Waals surface area contributed by atoms with E-state index in [-0.39, 0.29) is 5.75 Å². The van der Waals surface area contributed by atoms with Gasteiger partial charge in [0.25, 0.3) is 0 Å². The lowest BCUT2D eigenvalue weighted by Crippen LogP contribution is -2.28. The first-order valence-electron chi connectivity index (χ1n) is 5.81. The second-order valence-corrected chi connectivity index (χ2v) is 6.72. The van der Waals surface area contributed by atoms with Crippen LogP contribution in [0.4, 0.5) is 13.2 Å². The Kier molecular flexibility index (Phi) is 4.27. The van der Waals surface area contributed by atoms with E-state index in [1.807, 2.05) is 4.67 Å². The number of halogens is 3. The van der Waals surface area contributed by atoms with Crippen LogP contribution in [-0.4, -0.2) is 31.7 Å². The minimum Gasteiger partial charge on any atom is -0.376 e. The summed E-state index contributed by atoms with van der Waals surface area (Å²) in [7, 11) is -3.04. The fraction of sp³-hybridized carbons (Fsp3) is 0.455. The number of fused-ring (bicyclic) bond motifs is 1. The van der Waals surface area contributed by atoms with Crippen molar-refractivity contribution in [1.82, 2.24) is 4.67 Å². The molecule has 1 atom stereocenters. The summed E-state index contributed by atoms with van der Waals surface area (Å²) in [5, 5.41) is 0. The number of alkyl halides is 3. The minimum atomic E-state index is -5.61. The SMILES string of the molecule is O=S(=O)(Oc1ccc2c(c1)CCN(P)CC2)C(F)(F)F. The molecule has 1 aliphatic heterocycles. The highest BCUT2D eigenvalue weighted by molar-refractivity contribution is 7.88. The van der Waals surface area contributed by atoms with Gasteiger partial charge in [0, 0.05) is 13.1 Å². The fourth-order valence-corrected chi connectivity index (χ4v) is 2.65. The lowest BCUT2D eigenvalue weighted by molar-refractivity contribution is -0.0500. The van der Waals surface area contributed by atoms with Crippen LogP contribution in [0, 0.1) is 0 Å². The Balaban J connectivity index is 2.25. The number of nitrogens with zero attached hydrogens (tertiary/aromatic N) is 1. The van der Waals surface area contributed by atoms with Crippen LogP contribution in [0.2, 0.25) is 0 Å². The zero-order valence-corrected chi connectivity index (χ0v) is 12.3. The lowest BCUT2D eigenvalue weighted by atomic mass is 10.0. The average Bonchev–Trinajstić information content (AvgIpc) is 2.50. The summed E-state index contributed by atoms with van der Waals surface area (Å²) < 4.78 is 64.8. The van der Waals surface area contributed by atoms with E-state index >= 15 is 0 Å². The third-order valence-corrected chi connectivity index (χ3v) is 4.50. The van der Waals surface area contributed by atoms with Gasteiger partial charge in [-0.2, -0.15) is 21.6 Å². The molecule has 9 heteroatoms. The molecule has 1 aromatic rings. The van der Waals surface area contributed by atoms with E-state index < -0.39 is 15.6 Å². The van der Waals surface area contributed by atoms with Gasteiger partial charge in [-0.25, -0.2) is 0 Å². The molecule has 0 saturated carbocycles. The van der Waals surface area contributed by atoms with Crippen molar-refractivity contribution in [2.75, 3.05) is 13.1 Å². The second kappa shape index (κ2) is 5.50. The molecule has 1 aromatic carbocycles. The van der Waals surface area contributed by atoms with Crippen LogP contribution in [0.5, 0.6) is 5.75 Å². The largest absolute Gasteiger partial charge is 0.534 e. The summed E-state index contributed by atoms with van der Waals surface area (Å²) in [6, 6.07) is 4.23. The van der Waals surface area contributed by atoms with Crippen molar-refractivity contribution in [3.05, 3.63) is 29.3 Å². The predicted molar refractivity (Wildman–Crippen MR) is 70.7 cm³/mol. The van der Waals surface area contributed by atoms with Gasteiger partial charge in [-0.3, -0.25) is 4.67 Å². The summed E-state index contributed by atoms with van der Waals surface area (Å²) in [4.78, 5) is 0. The molecule has 0 amide bonds. The first-order valence-corrected chi connectivity index (χ1v) is 7.74. The third-order valence-electron chi connectivity index (χ3n) is 3.00. The molecule has 0 N–H and O–H groups in total. The van der Waals surface area contributed by atoms with E-state index in [4.69, 9.17) is 0 Å². The molecule has 0 bridgehead atoms. The minimum absolute atomic E-state index is 0.307. The topological polar surface area (TPSA) is 46.6 Å². The zero-order chi connectivity index (χ0) is 15.0. The molecule has 112 valence electrons. The molecule has 0 aromatic heterocycles. The summed E-state index contributed by atoms with van der Waals surface area (Å²) in [6.45, 7) is 1.55. The summed E-state index contributed by atoms with van der Waals surface area (Å²) in [5.74, 6) is -0.307. The molecular formula is C11H13F3NO3PS. The van der Waals surface area contributed by atoms with Gasteiger partial charge in [-0.05, 0) is 36.1 Å². The molecule has 0 aliphatic carbocycles. The van der Waals surface area contributed by atoms with Gasteiger partial charge in [0.2, 0.25) is 0 Å². The maximum Gasteiger partial charge on any atom is 0.534 e. The summed E-state index contributed by atoms with van der Waals surface area (Å²) in [6.07, 6.45) is 1.38. The van der Waals surface area contributed by atoms with Crippen LogP contribution in [0.1, 0.15) is 11.1 Å². The Labute approximate surface area is 117 Å². The molecular weight excluding hydrogens is 314 g/mol. The Hall–Kier alpha value is -0.850. The highest BCUT2D eigenvalue weighted by atomic mass is 32.2. The van der Waals surface area contributed by atoms with Crippen molar-refractivity contribution in [3.8, 4) is 5.75 Å². The van der Waals surface area contributed by atoms with Crippen molar-refractivity contribution in [2.24, 2.45) is 0 Å². The van der Waals surface area contributed by atoms with Gasteiger partial charge < -0.3 is 4.18 Å². The highest BCUT2D eigenvalue weighted by Gasteiger charge is 2.48. The van der Waals surface area contributed by atoms with Crippen molar-refractivity contribution in [3.63, 3.8) is 0 Å². The number of hydrogen-bond acceptors (Lipinski definition) is 4. The molecule has 4 nitrogen and oxygen atoms in total. The molecule has 20 heavy (non-hydrogen) atoms. The maximum absolute atomic E-state index is 12.3. The fourth-order valence-electron chi connectivity index (χ4n) is 1.94. The maximum atomic E-state index is 12.3. The van der Waals surface area contributed by atoms with E-state index in [0.29, 0.717) is 6.42 Å². The van der Waals surface area contributed by atoms with Gasteiger partial charge in [0.15, 0.2) is 0 Å². The van der Waals surface area contributed by atoms with Gasteiger partial charge in [-0.15, -0.1) is 0 Å². The number of rotatable bonds is 2. The number of benzene rings is 1. The smallest absolute Gasteiger partial charge is 0.376 e. The second-order valence-electron chi connectivity index (χ2n) is 4.45. The van der Waals surface area contributed by atoms with Crippen LogP contribution in [0.25, 0.3) is 0 Å². The van der Waals surface area contributed by atoms with Crippen LogP contribution < -0.4 is 4.18 Å².